The number of carbonyl (C=O) groups excluding carboxylic acids is 1. The van der Waals surface area contributed by atoms with E-state index in [4.69, 9.17) is 5.73 Å². The molecule has 4 rings (SSSR count). The maximum atomic E-state index is 12.9. The molecule has 0 saturated carbocycles. The number of aromatic nitrogens is 1. The molecule has 0 radical (unpaired) electrons. The highest BCUT2D eigenvalue weighted by atomic mass is 16.1. The molecular weight excluding hydrogens is 420 g/mol. The smallest absolute Gasteiger partial charge is 0.270 e. The predicted molar refractivity (Wildman–Crippen MR) is 143 cm³/mol. The SMILES string of the molecule is CC.CCc1cc(Nc2cc(N)cc(C(=O)NC3Cc4ccccc4C3)n2)ccc1CC(C)C. The molecule has 0 atom stereocenters. The van der Waals surface area contributed by atoms with Crippen molar-refractivity contribution in [1.29, 1.82) is 0 Å². The van der Waals surface area contributed by atoms with E-state index in [-0.39, 0.29) is 11.9 Å². The number of hydrogen-bond donors (Lipinski definition) is 3. The van der Waals surface area contributed by atoms with Crippen LogP contribution in [-0.2, 0) is 25.7 Å². The molecule has 34 heavy (non-hydrogen) atoms. The van der Waals surface area contributed by atoms with Crippen LogP contribution >= 0.6 is 0 Å². The second-order valence-electron chi connectivity index (χ2n) is 9.08. The number of fused-ring (bicyclic) bond motifs is 1. The summed E-state index contributed by atoms with van der Waals surface area (Å²) in [5.74, 6) is 0.992. The van der Waals surface area contributed by atoms with E-state index >= 15 is 0 Å². The Bertz CT molecular complexity index is 1100. The minimum Gasteiger partial charge on any atom is -0.399 e. The molecule has 0 saturated heterocycles. The number of nitrogens with zero attached hydrogens (tertiary/aromatic N) is 1. The van der Waals surface area contributed by atoms with Gasteiger partial charge < -0.3 is 16.4 Å². The fourth-order valence-electron chi connectivity index (χ4n) is 4.47. The van der Waals surface area contributed by atoms with Gasteiger partial charge in [-0.2, -0.15) is 0 Å². The van der Waals surface area contributed by atoms with Crippen LogP contribution < -0.4 is 16.4 Å². The Morgan fingerprint density at radius 3 is 2.32 bits per heavy atom. The quantitative estimate of drug-likeness (QED) is 0.400. The van der Waals surface area contributed by atoms with Gasteiger partial charge in [0.15, 0.2) is 0 Å². The van der Waals surface area contributed by atoms with Gasteiger partial charge in [0.05, 0.1) is 0 Å². The van der Waals surface area contributed by atoms with Crippen LogP contribution in [0.2, 0.25) is 0 Å². The van der Waals surface area contributed by atoms with E-state index < -0.39 is 0 Å². The zero-order chi connectivity index (χ0) is 24.7. The van der Waals surface area contributed by atoms with Crippen molar-refractivity contribution in [1.82, 2.24) is 10.3 Å². The fourth-order valence-corrected chi connectivity index (χ4v) is 4.47. The number of nitrogens with one attached hydrogen (secondary N) is 2. The normalized spacial score (nSPS) is 12.6. The third-order valence-electron chi connectivity index (χ3n) is 5.95. The first kappa shape index (κ1) is 25.3. The molecule has 1 amide bonds. The standard InChI is InChI=1S/C27H32N4O.C2H6/c1-4-18-12-23(10-9-21(18)11-17(2)3)29-26-16-22(28)15-25(31-26)27(32)30-24-13-19-7-5-6-8-20(19)14-24;1-2/h5-10,12,15-17,24H,4,11,13-14H2,1-3H3,(H,30,32)(H3,28,29,31);1-2H3. The third kappa shape index (κ3) is 6.37. The van der Waals surface area contributed by atoms with Gasteiger partial charge >= 0.3 is 0 Å². The van der Waals surface area contributed by atoms with Crippen molar-refractivity contribution in [2.75, 3.05) is 11.1 Å². The van der Waals surface area contributed by atoms with Gasteiger partial charge in [-0.05, 0) is 72.1 Å². The van der Waals surface area contributed by atoms with Crippen molar-refractivity contribution >= 4 is 23.1 Å². The number of amides is 1. The molecule has 1 aliphatic carbocycles. The number of aryl methyl sites for hydroxylation is 1. The van der Waals surface area contributed by atoms with Crippen LogP contribution in [0.4, 0.5) is 17.2 Å². The van der Waals surface area contributed by atoms with E-state index in [0.717, 1.165) is 31.4 Å². The molecule has 0 bridgehead atoms. The average Bonchev–Trinajstić information content (AvgIpc) is 3.23. The summed E-state index contributed by atoms with van der Waals surface area (Å²) >= 11 is 0. The lowest BCUT2D eigenvalue weighted by Crippen LogP contribution is -2.35. The van der Waals surface area contributed by atoms with Crippen LogP contribution in [0.25, 0.3) is 0 Å². The number of hydrogen-bond acceptors (Lipinski definition) is 4. The monoisotopic (exact) mass is 458 g/mol. The molecule has 0 unspecified atom stereocenters. The molecule has 4 N–H and O–H groups in total. The zero-order valence-corrected chi connectivity index (χ0v) is 21.1. The summed E-state index contributed by atoms with van der Waals surface area (Å²) in [5, 5.41) is 6.45. The Morgan fingerprint density at radius 2 is 1.71 bits per heavy atom. The molecule has 1 heterocycles. The van der Waals surface area contributed by atoms with Crippen LogP contribution in [0.5, 0.6) is 0 Å². The zero-order valence-electron chi connectivity index (χ0n) is 21.1. The summed E-state index contributed by atoms with van der Waals surface area (Å²) in [5.41, 5.74) is 13.2. The number of pyridine rings is 1. The van der Waals surface area contributed by atoms with Crippen molar-refractivity contribution in [3.05, 3.63) is 82.5 Å². The second kappa shape index (κ2) is 11.7. The first-order valence-corrected chi connectivity index (χ1v) is 12.4. The molecule has 5 nitrogen and oxygen atoms in total. The van der Waals surface area contributed by atoms with Crippen LogP contribution in [-0.4, -0.2) is 16.9 Å². The highest BCUT2D eigenvalue weighted by Crippen LogP contribution is 2.24. The molecule has 0 spiro atoms. The maximum absolute atomic E-state index is 12.9. The summed E-state index contributed by atoms with van der Waals surface area (Å²) in [6.45, 7) is 10.6. The van der Waals surface area contributed by atoms with Gasteiger partial charge in [-0.3, -0.25) is 4.79 Å². The lowest BCUT2D eigenvalue weighted by atomic mass is 9.96. The summed E-state index contributed by atoms with van der Waals surface area (Å²) in [4.78, 5) is 17.4. The Morgan fingerprint density at radius 1 is 1.03 bits per heavy atom. The minimum absolute atomic E-state index is 0.0835. The van der Waals surface area contributed by atoms with Crippen molar-refractivity contribution in [3.63, 3.8) is 0 Å². The largest absolute Gasteiger partial charge is 0.399 e. The van der Waals surface area contributed by atoms with E-state index in [2.05, 4.69) is 66.7 Å². The van der Waals surface area contributed by atoms with Gasteiger partial charge in [-0.1, -0.05) is 65.0 Å². The summed E-state index contributed by atoms with van der Waals surface area (Å²) in [6, 6.07) is 18.2. The van der Waals surface area contributed by atoms with Gasteiger partial charge in [0, 0.05) is 23.5 Å². The van der Waals surface area contributed by atoms with Crippen LogP contribution in [0.1, 0.15) is 67.4 Å². The molecule has 1 aliphatic rings. The fraction of sp³-hybridized carbons (Fsp3) is 0.379. The Kier molecular flexibility index (Phi) is 8.69. The van der Waals surface area contributed by atoms with Crippen LogP contribution in [0, 0.1) is 5.92 Å². The highest BCUT2D eigenvalue weighted by molar-refractivity contribution is 5.94. The van der Waals surface area contributed by atoms with Crippen LogP contribution in [0.3, 0.4) is 0 Å². The van der Waals surface area contributed by atoms with Gasteiger partial charge in [-0.25, -0.2) is 4.98 Å². The van der Waals surface area contributed by atoms with Crippen molar-refractivity contribution in [2.45, 2.75) is 66.3 Å². The Labute approximate surface area is 204 Å². The molecule has 5 heteroatoms. The number of nitrogens with two attached hydrogens (primary N) is 1. The lowest BCUT2D eigenvalue weighted by Gasteiger charge is -2.15. The molecule has 0 aliphatic heterocycles. The molecule has 2 aromatic carbocycles. The average molecular weight is 459 g/mol. The van der Waals surface area contributed by atoms with Crippen molar-refractivity contribution in [2.24, 2.45) is 5.92 Å². The number of nitrogen functional groups attached to an aromatic ring is 1. The highest BCUT2D eigenvalue weighted by Gasteiger charge is 2.23. The van der Waals surface area contributed by atoms with E-state index in [1.165, 1.54) is 22.3 Å². The van der Waals surface area contributed by atoms with E-state index in [1.807, 2.05) is 26.0 Å². The predicted octanol–water partition coefficient (Wildman–Crippen LogP) is 6.09. The first-order valence-electron chi connectivity index (χ1n) is 12.4. The van der Waals surface area contributed by atoms with Gasteiger partial charge in [0.1, 0.15) is 11.5 Å². The minimum atomic E-state index is -0.195. The van der Waals surface area contributed by atoms with Gasteiger partial charge in [0.25, 0.3) is 5.91 Å². The lowest BCUT2D eigenvalue weighted by molar-refractivity contribution is 0.0933. The van der Waals surface area contributed by atoms with E-state index in [1.54, 1.807) is 12.1 Å². The summed E-state index contributed by atoms with van der Waals surface area (Å²) in [6.07, 6.45) is 3.73. The summed E-state index contributed by atoms with van der Waals surface area (Å²) < 4.78 is 0. The molecule has 3 aromatic rings. The van der Waals surface area contributed by atoms with Crippen molar-refractivity contribution < 1.29 is 4.79 Å². The number of rotatable bonds is 7. The van der Waals surface area contributed by atoms with Gasteiger partial charge in [0.2, 0.25) is 0 Å². The topological polar surface area (TPSA) is 80.0 Å². The van der Waals surface area contributed by atoms with Crippen LogP contribution in [0.15, 0.2) is 54.6 Å². The number of anilines is 3. The number of carbonyl (C=O) groups is 1. The van der Waals surface area contributed by atoms with Gasteiger partial charge in [-0.15, -0.1) is 0 Å². The second-order valence-corrected chi connectivity index (χ2v) is 9.08. The Balaban J connectivity index is 0.00000158. The summed E-state index contributed by atoms with van der Waals surface area (Å²) in [7, 11) is 0. The van der Waals surface area contributed by atoms with E-state index in [9.17, 15) is 4.79 Å². The molecule has 180 valence electrons. The van der Waals surface area contributed by atoms with E-state index in [0.29, 0.717) is 23.1 Å². The third-order valence-corrected chi connectivity index (χ3v) is 5.95. The molecular formula is C29H38N4O. The number of benzene rings is 2. The molecule has 0 fully saturated rings. The Hall–Kier alpha value is -3.34. The first-order chi connectivity index (χ1) is 16.4. The molecule has 1 aromatic heterocycles. The van der Waals surface area contributed by atoms with Crippen molar-refractivity contribution in [3.8, 4) is 0 Å². The maximum Gasteiger partial charge on any atom is 0.270 e.